The second kappa shape index (κ2) is 17.3. The molecule has 0 saturated heterocycles. The molecule has 3 amide bonds. The highest BCUT2D eigenvalue weighted by Crippen LogP contribution is 2.38. The second-order valence-corrected chi connectivity index (χ2v) is 8.95. The molecule has 8 heteroatoms. The van der Waals surface area contributed by atoms with E-state index in [0.717, 1.165) is 40.9 Å². The number of hydrogen-bond acceptors (Lipinski definition) is 5. The van der Waals surface area contributed by atoms with Gasteiger partial charge in [0.25, 0.3) is 0 Å². The van der Waals surface area contributed by atoms with Crippen LogP contribution in [-0.2, 0) is 14.4 Å². The zero-order chi connectivity index (χ0) is 27.8. The smallest absolute Gasteiger partial charge is 0.243 e. The summed E-state index contributed by atoms with van der Waals surface area (Å²) >= 11 is 0. The van der Waals surface area contributed by atoms with E-state index in [4.69, 9.17) is 10.9 Å². The van der Waals surface area contributed by atoms with Gasteiger partial charge in [-0.05, 0) is 53.3 Å². The highest BCUT2D eigenvalue weighted by Gasteiger charge is 2.30. The van der Waals surface area contributed by atoms with Gasteiger partial charge < -0.3 is 16.0 Å². The molecule has 0 fully saturated rings. The Labute approximate surface area is 221 Å². The second-order valence-electron chi connectivity index (χ2n) is 8.95. The maximum Gasteiger partial charge on any atom is 0.243 e. The van der Waals surface area contributed by atoms with E-state index in [1.165, 1.54) is 19.3 Å². The molecule has 0 aromatic heterocycles. The van der Waals surface area contributed by atoms with Crippen LogP contribution in [-0.4, -0.2) is 30.0 Å². The number of hydrogen-bond donors (Lipinski definition) is 4. The van der Waals surface area contributed by atoms with Crippen LogP contribution in [0.2, 0.25) is 0 Å². The molecule has 2 aromatic rings. The largest absolute Gasteiger partial charge is 0.329 e. The number of nitrogens with one attached hydrogen (secondary N) is 2. The van der Waals surface area contributed by atoms with Crippen molar-refractivity contribution in [3.8, 4) is 11.1 Å². The van der Waals surface area contributed by atoms with Gasteiger partial charge in [-0.1, -0.05) is 71.6 Å². The van der Waals surface area contributed by atoms with Gasteiger partial charge in [0.15, 0.2) is 0 Å². The minimum absolute atomic E-state index is 0.0343. The Morgan fingerprint density at radius 1 is 1.05 bits per heavy atom. The van der Waals surface area contributed by atoms with Crippen molar-refractivity contribution in [3.63, 3.8) is 0 Å². The monoisotopic (exact) mass is 512 g/mol. The lowest BCUT2D eigenvalue weighted by atomic mass is 9.87. The van der Waals surface area contributed by atoms with Crippen molar-refractivity contribution >= 4 is 29.6 Å². The summed E-state index contributed by atoms with van der Waals surface area (Å²) in [6.07, 6.45) is 6.71. The first-order valence-corrected chi connectivity index (χ1v) is 13.2. The van der Waals surface area contributed by atoms with Crippen molar-refractivity contribution in [3.05, 3.63) is 48.0 Å². The Bertz CT molecular complexity index is 978. The molecule has 2 aromatic carbocycles. The summed E-state index contributed by atoms with van der Waals surface area (Å²) in [6.45, 7) is 10.4. The van der Waals surface area contributed by atoms with Crippen molar-refractivity contribution in [1.29, 1.82) is 0 Å². The molecule has 0 bridgehead atoms. The fourth-order valence-electron chi connectivity index (χ4n) is 4.12. The first kappa shape index (κ1) is 31.8. The highest BCUT2D eigenvalue weighted by molar-refractivity contribution is 5.93. The minimum atomic E-state index is -0.276. The molecule has 1 aliphatic rings. The number of unbranched alkanes of at least 4 members (excludes halogenated alkanes) is 4. The number of nitrogens with two attached hydrogens (primary N) is 1. The van der Waals surface area contributed by atoms with E-state index >= 15 is 0 Å². The first-order chi connectivity index (χ1) is 17.8. The van der Waals surface area contributed by atoms with Crippen molar-refractivity contribution in [2.24, 2.45) is 11.7 Å². The summed E-state index contributed by atoms with van der Waals surface area (Å²) in [5.74, 6) is -0.0376. The molecule has 1 aliphatic heterocycles. The molecule has 1 unspecified atom stereocenters. The molecule has 0 spiro atoms. The van der Waals surface area contributed by atoms with Gasteiger partial charge in [-0.15, -0.1) is 0 Å². The van der Waals surface area contributed by atoms with Crippen LogP contribution < -0.4 is 21.4 Å². The average molecular weight is 513 g/mol. The molecule has 1 heterocycles. The molecule has 37 heavy (non-hydrogen) atoms. The summed E-state index contributed by atoms with van der Waals surface area (Å²) < 4.78 is 0. The predicted molar refractivity (Wildman–Crippen MR) is 150 cm³/mol. The normalized spacial score (nSPS) is 15.7. The Hall–Kier alpha value is -3.23. The summed E-state index contributed by atoms with van der Waals surface area (Å²) in [6, 6.07) is 13.6. The third-order valence-electron chi connectivity index (χ3n) is 6.22. The van der Waals surface area contributed by atoms with Gasteiger partial charge >= 0.3 is 0 Å². The average Bonchev–Trinajstić information content (AvgIpc) is 2.92. The van der Waals surface area contributed by atoms with Gasteiger partial charge in [-0.3, -0.25) is 19.6 Å². The summed E-state index contributed by atoms with van der Waals surface area (Å²) in [5, 5.41) is 10.8. The lowest BCUT2D eigenvalue weighted by Crippen LogP contribution is -2.42. The molecule has 0 aliphatic carbocycles. The van der Waals surface area contributed by atoms with Crippen LogP contribution in [0.3, 0.4) is 0 Å². The molecule has 204 valence electrons. The van der Waals surface area contributed by atoms with E-state index in [1.54, 1.807) is 17.3 Å². The number of amides is 3. The van der Waals surface area contributed by atoms with Crippen LogP contribution in [0.1, 0.15) is 84.7 Å². The number of carbonyl (C=O) groups excluding carboxylic acids is 3. The van der Waals surface area contributed by atoms with E-state index in [-0.39, 0.29) is 23.8 Å². The molecule has 3 rings (SSSR count). The third kappa shape index (κ3) is 9.98. The van der Waals surface area contributed by atoms with Crippen molar-refractivity contribution < 1.29 is 19.6 Å². The fraction of sp³-hybridized carbons (Fsp3) is 0.483. The Balaban J connectivity index is 0.000000446. The molecule has 0 radical (unpaired) electrons. The van der Waals surface area contributed by atoms with Gasteiger partial charge in [-0.2, -0.15) is 0 Å². The Morgan fingerprint density at radius 2 is 1.68 bits per heavy atom. The first-order valence-electron chi connectivity index (χ1n) is 13.2. The lowest BCUT2D eigenvalue weighted by molar-refractivity contribution is -0.129. The number of rotatable bonds is 9. The zero-order valence-electron chi connectivity index (χ0n) is 22.9. The maximum atomic E-state index is 11.9. The number of benzene rings is 2. The van der Waals surface area contributed by atoms with Gasteiger partial charge in [0.2, 0.25) is 18.2 Å². The van der Waals surface area contributed by atoms with Crippen molar-refractivity contribution in [2.45, 2.75) is 79.2 Å². The zero-order valence-corrected chi connectivity index (χ0v) is 22.9. The Morgan fingerprint density at radius 3 is 2.24 bits per heavy atom. The van der Waals surface area contributed by atoms with Crippen LogP contribution in [0.25, 0.3) is 11.1 Å². The molecule has 2 atom stereocenters. The summed E-state index contributed by atoms with van der Waals surface area (Å²) in [7, 11) is 0. The number of nitrogens with zero attached hydrogens (tertiary/aromatic N) is 1. The summed E-state index contributed by atoms with van der Waals surface area (Å²) in [5.41, 5.74) is 12.7. The van der Waals surface area contributed by atoms with Crippen LogP contribution in [0.15, 0.2) is 42.5 Å². The number of anilines is 2. The maximum absolute atomic E-state index is 11.9. The molecular formula is C29H44N4O4. The van der Waals surface area contributed by atoms with E-state index in [0.29, 0.717) is 19.4 Å². The minimum Gasteiger partial charge on any atom is -0.329 e. The fourth-order valence-corrected chi connectivity index (χ4v) is 4.12. The van der Waals surface area contributed by atoms with Gasteiger partial charge in [-0.25, -0.2) is 5.48 Å². The number of hydroxylamine groups is 1. The highest BCUT2D eigenvalue weighted by atomic mass is 16.5. The van der Waals surface area contributed by atoms with Crippen LogP contribution in [0.5, 0.6) is 0 Å². The van der Waals surface area contributed by atoms with E-state index in [2.05, 4.69) is 25.2 Å². The third-order valence-corrected chi connectivity index (χ3v) is 6.22. The van der Waals surface area contributed by atoms with Gasteiger partial charge in [0.05, 0.1) is 0 Å². The number of carbonyl (C=O) groups is 3. The van der Waals surface area contributed by atoms with Crippen LogP contribution in [0, 0.1) is 5.92 Å². The SMILES string of the molecule is CC.CC(=O)N1C[C@@H](C)C(N)c2cc(-c3ccc(NC=O)cc3)ccc21.CCCCCCCC(=O)NO. The van der Waals surface area contributed by atoms with E-state index in [1.807, 2.05) is 50.2 Å². The molecular weight excluding hydrogens is 468 g/mol. The standard InChI is InChI=1S/C19H21N3O2.C8H17NO2.C2H6/c1-12-10-22(13(2)24)18-8-5-15(9-17(18)19(12)20)14-3-6-16(7-4-14)21-11-23;1-2-3-4-5-6-7-8(10)9-11;1-2/h3-9,11-12,19H,10,20H2,1-2H3,(H,21,23);11H,2-7H2,1H3,(H,9,10);1-2H3/t12-,19?;;/m1../s1. The Kier molecular flexibility index (Phi) is 14.8. The quantitative estimate of drug-likeness (QED) is 0.146. The van der Waals surface area contributed by atoms with Crippen LogP contribution in [0.4, 0.5) is 11.4 Å². The molecule has 5 N–H and O–H groups in total. The molecule has 0 saturated carbocycles. The van der Waals surface area contributed by atoms with Crippen molar-refractivity contribution in [1.82, 2.24) is 5.48 Å². The van der Waals surface area contributed by atoms with Gasteiger partial charge in [0, 0.05) is 37.3 Å². The van der Waals surface area contributed by atoms with E-state index in [9.17, 15) is 14.4 Å². The number of fused-ring (bicyclic) bond motifs is 1. The van der Waals surface area contributed by atoms with Crippen molar-refractivity contribution in [2.75, 3.05) is 16.8 Å². The topological polar surface area (TPSA) is 125 Å². The molecule has 8 nitrogen and oxygen atoms in total. The summed E-state index contributed by atoms with van der Waals surface area (Å²) in [4.78, 5) is 34.7. The lowest BCUT2D eigenvalue weighted by Gasteiger charge is -2.37. The van der Waals surface area contributed by atoms with Crippen LogP contribution >= 0.6 is 0 Å². The van der Waals surface area contributed by atoms with E-state index < -0.39 is 0 Å². The van der Waals surface area contributed by atoms with Gasteiger partial charge in [0.1, 0.15) is 0 Å². The predicted octanol–water partition coefficient (Wildman–Crippen LogP) is 5.80.